The van der Waals surface area contributed by atoms with E-state index in [1.807, 2.05) is 48.5 Å². The quantitative estimate of drug-likeness (QED) is 0.815. The van der Waals surface area contributed by atoms with Gasteiger partial charge in [0.15, 0.2) is 0 Å². The van der Waals surface area contributed by atoms with E-state index in [-0.39, 0.29) is 11.8 Å². The number of benzene rings is 2. The highest BCUT2D eigenvalue weighted by molar-refractivity contribution is 6.31. The second kappa shape index (κ2) is 9.23. The molecule has 0 fully saturated rings. The first-order valence-corrected chi connectivity index (χ1v) is 8.66. The van der Waals surface area contributed by atoms with Crippen LogP contribution >= 0.6 is 11.6 Å². The monoisotopic (exact) mass is 358 g/mol. The Hall–Kier alpha value is -2.33. The molecule has 4 nitrogen and oxygen atoms in total. The molecule has 0 saturated carbocycles. The molecule has 0 aliphatic heterocycles. The fraction of sp³-hybridized carbons (Fsp3) is 0.300. The Morgan fingerprint density at radius 2 is 1.76 bits per heavy atom. The van der Waals surface area contributed by atoms with Gasteiger partial charge in [0.2, 0.25) is 11.8 Å². The smallest absolute Gasteiger partial charge is 0.224 e. The van der Waals surface area contributed by atoms with Crippen LogP contribution in [0.1, 0.15) is 24.0 Å². The van der Waals surface area contributed by atoms with Gasteiger partial charge in [0.05, 0.1) is 0 Å². The third-order valence-electron chi connectivity index (χ3n) is 3.92. The fourth-order valence-corrected chi connectivity index (χ4v) is 2.68. The Bertz CT molecular complexity index is 744. The number of carbonyl (C=O) groups is 2. The van der Waals surface area contributed by atoms with Gasteiger partial charge in [-0.15, -0.1) is 0 Å². The van der Waals surface area contributed by atoms with Gasteiger partial charge in [-0.2, -0.15) is 0 Å². The summed E-state index contributed by atoms with van der Waals surface area (Å²) in [5, 5.41) is 3.59. The largest absolute Gasteiger partial charge is 0.349 e. The van der Waals surface area contributed by atoms with Crippen molar-refractivity contribution in [1.29, 1.82) is 0 Å². The van der Waals surface area contributed by atoms with Crippen LogP contribution in [0.2, 0.25) is 5.02 Å². The molecule has 0 unspecified atom stereocenters. The third-order valence-corrected chi connectivity index (χ3v) is 4.29. The number of anilines is 1. The lowest BCUT2D eigenvalue weighted by Gasteiger charge is -2.11. The molecule has 2 aromatic carbocycles. The Morgan fingerprint density at radius 1 is 1.00 bits per heavy atom. The molecule has 2 aromatic rings. The highest BCUT2D eigenvalue weighted by Gasteiger charge is 2.07. The Morgan fingerprint density at radius 3 is 2.48 bits per heavy atom. The molecule has 0 aromatic heterocycles. The number of aryl methyl sites for hydroxylation is 2. The van der Waals surface area contributed by atoms with Crippen LogP contribution in [-0.4, -0.2) is 30.8 Å². The number of halogens is 1. The number of carbonyl (C=O) groups excluding carboxylic acids is 2. The van der Waals surface area contributed by atoms with E-state index in [2.05, 4.69) is 5.32 Å². The maximum absolute atomic E-state index is 12.1. The highest BCUT2D eigenvalue weighted by Crippen LogP contribution is 2.17. The predicted octanol–water partition coefficient (Wildman–Crippen LogP) is 3.93. The maximum atomic E-state index is 12.1. The van der Waals surface area contributed by atoms with Crippen molar-refractivity contribution >= 4 is 29.1 Å². The van der Waals surface area contributed by atoms with Gasteiger partial charge in [-0.3, -0.25) is 9.59 Å². The van der Waals surface area contributed by atoms with E-state index in [1.165, 1.54) is 0 Å². The molecule has 0 aliphatic carbocycles. The summed E-state index contributed by atoms with van der Waals surface area (Å²) in [6.07, 6.45) is 2.08. The minimum absolute atomic E-state index is 0.0542. The second-order valence-corrected chi connectivity index (χ2v) is 6.54. The molecule has 2 amide bonds. The number of nitrogens with zero attached hydrogens (tertiary/aromatic N) is 1. The summed E-state index contributed by atoms with van der Waals surface area (Å²) in [4.78, 5) is 25.4. The first-order valence-electron chi connectivity index (χ1n) is 8.28. The molecule has 0 heterocycles. The van der Waals surface area contributed by atoms with Crippen molar-refractivity contribution in [3.63, 3.8) is 0 Å². The summed E-state index contributed by atoms with van der Waals surface area (Å²) in [6.45, 7) is 0. The minimum atomic E-state index is -0.0542. The maximum Gasteiger partial charge on any atom is 0.224 e. The third kappa shape index (κ3) is 6.24. The zero-order valence-corrected chi connectivity index (χ0v) is 15.3. The summed E-state index contributed by atoms with van der Waals surface area (Å²) >= 11 is 6.11. The van der Waals surface area contributed by atoms with Crippen molar-refractivity contribution in [1.82, 2.24) is 4.90 Å². The lowest BCUT2D eigenvalue weighted by atomic mass is 10.1. The molecule has 132 valence electrons. The van der Waals surface area contributed by atoms with Crippen molar-refractivity contribution < 1.29 is 9.59 Å². The van der Waals surface area contributed by atoms with Crippen molar-refractivity contribution in [2.24, 2.45) is 0 Å². The number of rotatable bonds is 7. The van der Waals surface area contributed by atoms with Gasteiger partial charge >= 0.3 is 0 Å². The van der Waals surface area contributed by atoms with Gasteiger partial charge in [0, 0.05) is 37.6 Å². The SMILES string of the molecule is CN(C)C(=O)CCc1cccc(NC(=O)CCc2ccccc2Cl)c1. The molecule has 0 atom stereocenters. The van der Waals surface area contributed by atoms with E-state index in [1.54, 1.807) is 19.0 Å². The van der Waals surface area contributed by atoms with E-state index < -0.39 is 0 Å². The van der Waals surface area contributed by atoms with Gasteiger partial charge in [-0.25, -0.2) is 0 Å². The van der Waals surface area contributed by atoms with Gasteiger partial charge < -0.3 is 10.2 Å². The molecule has 0 spiro atoms. The van der Waals surface area contributed by atoms with Crippen molar-refractivity contribution in [3.05, 3.63) is 64.7 Å². The molecule has 0 aliphatic rings. The number of hydrogen-bond donors (Lipinski definition) is 1. The van der Waals surface area contributed by atoms with Crippen LogP contribution in [0.5, 0.6) is 0 Å². The van der Waals surface area contributed by atoms with Crippen LogP contribution in [0.15, 0.2) is 48.5 Å². The fourth-order valence-electron chi connectivity index (χ4n) is 2.45. The minimum Gasteiger partial charge on any atom is -0.349 e. The summed E-state index contributed by atoms with van der Waals surface area (Å²) in [5.41, 5.74) is 2.74. The molecule has 2 rings (SSSR count). The summed E-state index contributed by atoms with van der Waals surface area (Å²) in [7, 11) is 3.50. The van der Waals surface area contributed by atoms with Crippen LogP contribution in [0.25, 0.3) is 0 Å². The summed E-state index contributed by atoms with van der Waals surface area (Å²) in [5.74, 6) is 0.0376. The van der Waals surface area contributed by atoms with E-state index in [9.17, 15) is 9.59 Å². The standard InChI is InChI=1S/C20H23ClN2O2/c1-23(2)20(25)13-10-15-6-5-8-17(14-15)22-19(24)12-11-16-7-3-4-9-18(16)21/h3-9,14H,10-13H2,1-2H3,(H,22,24). The zero-order chi connectivity index (χ0) is 18.2. The average Bonchev–Trinajstić information content (AvgIpc) is 2.59. The second-order valence-electron chi connectivity index (χ2n) is 6.13. The molecule has 25 heavy (non-hydrogen) atoms. The van der Waals surface area contributed by atoms with Crippen molar-refractivity contribution in [2.75, 3.05) is 19.4 Å². The Labute approximate surface area is 153 Å². The van der Waals surface area contributed by atoms with Gasteiger partial charge in [0.1, 0.15) is 0 Å². The predicted molar refractivity (Wildman–Crippen MR) is 102 cm³/mol. The Kier molecular flexibility index (Phi) is 7.02. The first kappa shape index (κ1) is 19.0. The topological polar surface area (TPSA) is 49.4 Å². The molecule has 5 heteroatoms. The highest BCUT2D eigenvalue weighted by atomic mass is 35.5. The molecule has 0 bridgehead atoms. The molecule has 0 radical (unpaired) electrons. The van der Waals surface area contributed by atoms with E-state index in [0.717, 1.165) is 16.8 Å². The summed E-state index contributed by atoms with van der Waals surface area (Å²) < 4.78 is 0. The lowest BCUT2D eigenvalue weighted by Crippen LogP contribution is -2.21. The summed E-state index contributed by atoms with van der Waals surface area (Å²) in [6, 6.07) is 15.2. The molecular formula is C20H23ClN2O2. The van der Waals surface area contributed by atoms with E-state index in [0.29, 0.717) is 30.7 Å². The van der Waals surface area contributed by atoms with Crippen LogP contribution in [0, 0.1) is 0 Å². The first-order chi connectivity index (χ1) is 12.0. The van der Waals surface area contributed by atoms with Gasteiger partial charge in [-0.1, -0.05) is 41.9 Å². The van der Waals surface area contributed by atoms with E-state index >= 15 is 0 Å². The van der Waals surface area contributed by atoms with Gasteiger partial charge in [-0.05, 0) is 42.2 Å². The molecular weight excluding hydrogens is 336 g/mol. The van der Waals surface area contributed by atoms with E-state index in [4.69, 9.17) is 11.6 Å². The molecule has 0 saturated heterocycles. The van der Waals surface area contributed by atoms with Crippen LogP contribution < -0.4 is 5.32 Å². The molecule has 1 N–H and O–H groups in total. The number of amides is 2. The van der Waals surface area contributed by atoms with Crippen molar-refractivity contribution in [3.8, 4) is 0 Å². The van der Waals surface area contributed by atoms with Gasteiger partial charge in [0.25, 0.3) is 0 Å². The number of hydrogen-bond acceptors (Lipinski definition) is 2. The Balaban J connectivity index is 1.87. The number of nitrogens with one attached hydrogen (secondary N) is 1. The van der Waals surface area contributed by atoms with Crippen LogP contribution in [0.4, 0.5) is 5.69 Å². The normalized spacial score (nSPS) is 10.4. The van der Waals surface area contributed by atoms with Crippen LogP contribution in [0.3, 0.4) is 0 Å². The van der Waals surface area contributed by atoms with Crippen LogP contribution in [-0.2, 0) is 22.4 Å². The average molecular weight is 359 g/mol. The lowest BCUT2D eigenvalue weighted by molar-refractivity contribution is -0.128. The zero-order valence-electron chi connectivity index (χ0n) is 14.6. The van der Waals surface area contributed by atoms with Crippen molar-refractivity contribution in [2.45, 2.75) is 25.7 Å².